The van der Waals surface area contributed by atoms with Crippen LogP contribution < -0.4 is 4.90 Å². The van der Waals surface area contributed by atoms with Gasteiger partial charge >= 0.3 is 0 Å². The van der Waals surface area contributed by atoms with E-state index in [4.69, 9.17) is 9.97 Å². The summed E-state index contributed by atoms with van der Waals surface area (Å²) in [5.41, 5.74) is 2.79. The van der Waals surface area contributed by atoms with Gasteiger partial charge < -0.3 is 4.90 Å². The van der Waals surface area contributed by atoms with Crippen molar-refractivity contribution in [3.8, 4) is 22.8 Å². The van der Waals surface area contributed by atoms with Crippen LogP contribution in [0.2, 0.25) is 0 Å². The molecule has 0 unspecified atom stereocenters. The van der Waals surface area contributed by atoms with Gasteiger partial charge in [-0.05, 0) is 26.0 Å². The monoisotopic (exact) mass is 304 g/mol. The molecule has 23 heavy (non-hydrogen) atoms. The van der Waals surface area contributed by atoms with E-state index in [-0.39, 0.29) is 0 Å². The first-order chi connectivity index (χ1) is 11.3. The number of hydrogen-bond acceptors (Lipinski definition) is 4. The van der Waals surface area contributed by atoms with Crippen molar-refractivity contribution in [1.82, 2.24) is 15.0 Å². The van der Waals surface area contributed by atoms with E-state index in [9.17, 15) is 0 Å². The standard InChI is InChI=1S/C19H20N4/c1-3-23(4-2)18-14-17(15-10-6-5-7-11-15)21-19(22-18)16-12-8-9-13-20-16/h5-14H,3-4H2,1-2H3. The van der Waals surface area contributed by atoms with Gasteiger partial charge in [0.2, 0.25) is 0 Å². The number of hydrogen-bond donors (Lipinski definition) is 0. The quantitative estimate of drug-likeness (QED) is 0.713. The molecule has 3 aromatic rings. The molecule has 0 amide bonds. The van der Waals surface area contributed by atoms with Crippen molar-refractivity contribution in [2.24, 2.45) is 0 Å². The lowest BCUT2D eigenvalue weighted by atomic mass is 10.1. The second-order valence-corrected chi connectivity index (χ2v) is 5.19. The summed E-state index contributed by atoms with van der Waals surface area (Å²) < 4.78 is 0. The average Bonchev–Trinajstić information content (AvgIpc) is 2.64. The third-order valence-corrected chi connectivity index (χ3v) is 3.76. The fraction of sp³-hybridized carbons (Fsp3) is 0.211. The number of benzene rings is 1. The minimum absolute atomic E-state index is 0.661. The molecular formula is C19H20N4. The van der Waals surface area contributed by atoms with Crippen LogP contribution in [-0.2, 0) is 0 Å². The Morgan fingerprint density at radius 1 is 0.826 bits per heavy atom. The van der Waals surface area contributed by atoms with E-state index in [2.05, 4.69) is 41.9 Å². The number of anilines is 1. The summed E-state index contributed by atoms with van der Waals surface area (Å²) in [5.74, 6) is 1.60. The molecule has 0 radical (unpaired) electrons. The van der Waals surface area contributed by atoms with Gasteiger partial charge in [-0.1, -0.05) is 36.4 Å². The molecule has 0 aliphatic heterocycles. The van der Waals surface area contributed by atoms with E-state index in [1.807, 2.05) is 36.4 Å². The maximum Gasteiger partial charge on any atom is 0.180 e. The molecule has 0 atom stereocenters. The number of nitrogens with zero attached hydrogens (tertiary/aromatic N) is 4. The van der Waals surface area contributed by atoms with Crippen LogP contribution in [0, 0.1) is 0 Å². The fourth-order valence-corrected chi connectivity index (χ4v) is 2.51. The van der Waals surface area contributed by atoms with Gasteiger partial charge in [-0.3, -0.25) is 4.98 Å². The average molecular weight is 304 g/mol. The van der Waals surface area contributed by atoms with Crippen molar-refractivity contribution in [3.05, 3.63) is 60.8 Å². The van der Waals surface area contributed by atoms with Gasteiger partial charge in [-0.15, -0.1) is 0 Å². The summed E-state index contributed by atoms with van der Waals surface area (Å²) in [5, 5.41) is 0. The topological polar surface area (TPSA) is 41.9 Å². The van der Waals surface area contributed by atoms with Crippen molar-refractivity contribution in [3.63, 3.8) is 0 Å². The molecule has 0 N–H and O–H groups in total. The van der Waals surface area contributed by atoms with Crippen molar-refractivity contribution < 1.29 is 0 Å². The molecule has 0 saturated carbocycles. The lowest BCUT2D eigenvalue weighted by Gasteiger charge is -2.21. The first-order valence-electron chi connectivity index (χ1n) is 7.92. The Bertz CT molecular complexity index is 695. The summed E-state index contributed by atoms with van der Waals surface area (Å²) in [6.07, 6.45) is 1.77. The lowest BCUT2D eigenvalue weighted by molar-refractivity contribution is 0.843. The third kappa shape index (κ3) is 3.37. The summed E-state index contributed by atoms with van der Waals surface area (Å²) in [4.78, 5) is 16.1. The van der Waals surface area contributed by atoms with E-state index in [1.54, 1.807) is 6.20 Å². The Hall–Kier alpha value is -2.75. The Labute approximate surface area is 136 Å². The summed E-state index contributed by atoms with van der Waals surface area (Å²) in [6, 6.07) is 18.0. The Morgan fingerprint density at radius 2 is 1.57 bits per heavy atom. The SMILES string of the molecule is CCN(CC)c1cc(-c2ccccc2)nc(-c2ccccn2)n1. The molecule has 0 saturated heterocycles. The molecule has 4 nitrogen and oxygen atoms in total. The van der Waals surface area contributed by atoms with Crippen LogP contribution in [0.4, 0.5) is 5.82 Å². The molecule has 0 bridgehead atoms. The molecular weight excluding hydrogens is 284 g/mol. The highest BCUT2D eigenvalue weighted by Gasteiger charge is 2.12. The van der Waals surface area contributed by atoms with E-state index >= 15 is 0 Å². The summed E-state index contributed by atoms with van der Waals surface area (Å²) in [6.45, 7) is 6.08. The maximum absolute atomic E-state index is 4.72. The van der Waals surface area contributed by atoms with Crippen LogP contribution in [0.5, 0.6) is 0 Å². The van der Waals surface area contributed by atoms with Crippen molar-refractivity contribution in [2.45, 2.75) is 13.8 Å². The minimum atomic E-state index is 0.661. The van der Waals surface area contributed by atoms with Gasteiger partial charge in [0.05, 0.1) is 5.69 Å². The minimum Gasteiger partial charge on any atom is -0.357 e. The highest BCUT2D eigenvalue weighted by atomic mass is 15.2. The normalized spacial score (nSPS) is 10.5. The molecule has 0 spiro atoms. The highest BCUT2D eigenvalue weighted by Crippen LogP contribution is 2.25. The van der Waals surface area contributed by atoms with Gasteiger partial charge in [-0.25, -0.2) is 9.97 Å². The van der Waals surface area contributed by atoms with Gasteiger partial charge in [0.1, 0.15) is 11.5 Å². The van der Waals surface area contributed by atoms with Crippen LogP contribution in [-0.4, -0.2) is 28.0 Å². The first kappa shape index (κ1) is 15.2. The van der Waals surface area contributed by atoms with E-state index in [0.717, 1.165) is 35.9 Å². The Kier molecular flexibility index (Phi) is 4.62. The first-order valence-corrected chi connectivity index (χ1v) is 7.92. The largest absolute Gasteiger partial charge is 0.357 e. The Morgan fingerprint density at radius 3 is 2.22 bits per heavy atom. The molecule has 116 valence electrons. The smallest absolute Gasteiger partial charge is 0.180 e. The second kappa shape index (κ2) is 7.01. The predicted octanol–water partition coefficient (Wildman–Crippen LogP) is 4.05. The Balaban J connectivity index is 2.15. The van der Waals surface area contributed by atoms with E-state index in [0.29, 0.717) is 5.82 Å². The van der Waals surface area contributed by atoms with Gasteiger partial charge in [0, 0.05) is 30.9 Å². The van der Waals surface area contributed by atoms with Crippen LogP contribution in [0.1, 0.15) is 13.8 Å². The van der Waals surface area contributed by atoms with Crippen molar-refractivity contribution in [2.75, 3.05) is 18.0 Å². The number of aromatic nitrogens is 3. The lowest BCUT2D eigenvalue weighted by Crippen LogP contribution is -2.23. The molecule has 2 aromatic heterocycles. The fourth-order valence-electron chi connectivity index (χ4n) is 2.51. The van der Waals surface area contributed by atoms with Gasteiger partial charge in [0.25, 0.3) is 0 Å². The summed E-state index contributed by atoms with van der Waals surface area (Å²) in [7, 11) is 0. The molecule has 0 aliphatic carbocycles. The zero-order chi connectivity index (χ0) is 16.1. The van der Waals surface area contributed by atoms with Crippen LogP contribution in [0.3, 0.4) is 0 Å². The van der Waals surface area contributed by atoms with E-state index < -0.39 is 0 Å². The molecule has 3 rings (SSSR count). The van der Waals surface area contributed by atoms with Crippen LogP contribution >= 0.6 is 0 Å². The van der Waals surface area contributed by atoms with Crippen molar-refractivity contribution >= 4 is 5.82 Å². The zero-order valence-corrected chi connectivity index (χ0v) is 13.5. The molecule has 1 aromatic carbocycles. The predicted molar refractivity (Wildman–Crippen MR) is 94.3 cm³/mol. The molecule has 2 heterocycles. The third-order valence-electron chi connectivity index (χ3n) is 3.76. The van der Waals surface area contributed by atoms with Gasteiger partial charge in [-0.2, -0.15) is 0 Å². The van der Waals surface area contributed by atoms with E-state index in [1.165, 1.54) is 0 Å². The molecule has 0 fully saturated rings. The summed E-state index contributed by atoms with van der Waals surface area (Å²) >= 11 is 0. The van der Waals surface area contributed by atoms with Crippen LogP contribution in [0.25, 0.3) is 22.8 Å². The second-order valence-electron chi connectivity index (χ2n) is 5.19. The molecule has 4 heteroatoms. The number of rotatable bonds is 5. The number of pyridine rings is 1. The maximum atomic E-state index is 4.72. The van der Waals surface area contributed by atoms with Gasteiger partial charge in [0.15, 0.2) is 5.82 Å². The molecule has 0 aliphatic rings. The van der Waals surface area contributed by atoms with Crippen molar-refractivity contribution in [1.29, 1.82) is 0 Å². The highest BCUT2D eigenvalue weighted by molar-refractivity contribution is 5.66. The van der Waals surface area contributed by atoms with Crippen LogP contribution in [0.15, 0.2) is 60.8 Å². The zero-order valence-electron chi connectivity index (χ0n) is 13.5.